The maximum absolute atomic E-state index is 12.0. The Hall–Kier alpha value is -1.55. The minimum absolute atomic E-state index is 0.0716. The van der Waals surface area contributed by atoms with Crippen LogP contribution in [0.3, 0.4) is 0 Å². The number of anilines is 2. The Balaban J connectivity index is 2.32. The summed E-state index contributed by atoms with van der Waals surface area (Å²) in [7, 11) is 1.68. The molecule has 0 radical (unpaired) electrons. The standard InChI is InChI=1S/C13H18N2O2/c1-3-11-13(16)14-10-6-4-5-7-12(10)15(11)8-9-17-2/h4-7,11H,3,8-9H2,1-2H3,(H,14,16). The number of methoxy groups -OCH3 is 1. The molecule has 1 aliphatic rings. The third-order valence-electron chi connectivity index (χ3n) is 3.07. The number of para-hydroxylation sites is 2. The van der Waals surface area contributed by atoms with Crippen LogP contribution in [0.25, 0.3) is 0 Å². The van der Waals surface area contributed by atoms with E-state index in [-0.39, 0.29) is 11.9 Å². The monoisotopic (exact) mass is 234 g/mol. The lowest BCUT2D eigenvalue weighted by molar-refractivity contribution is -0.117. The Morgan fingerprint density at radius 3 is 2.88 bits per heavy atom. The van der Waals surface area contributed by atoms with Crippen LogP contribution in [0.4, 0.5) is 11.4 Å². The lowest BCUT2D eigenvalue weighted by Crippen LogP contribution is -2.48. The van der Waals surface area contributed by atoms with E-state index in [2.05, 4.69) is 10.2 Å². The summed E-state index contributed by atoms with van der Waals surface area (Å²) in [5.74, 6) is 0.0716. The van der Waals surface area contributed by atoms with Gasteiger partial charge in [-0.3, -0.25) is 4.79 Å². The average molecular weight is 234 g/mol. The Bertz CT molecular complexity index is 406. The van der Waals surface area contributed by atoms with Gasteiger partial charge in [-0.1, -0.05) is 19.1 Å². The number of fused-ring (bicyclic) bond motifs is 1. The number of amides is 1. The lowest BCUT2D eigenvalue weighted by atomic mass is 10.1. The number of nitrogens with zero attached hydrogens (tertiary/aromatic N) is 1. The minimum atomic E-state index is -0.0972. The molecule has 0 saturated heterocycles. The van der Waals surface area contributed by atoms with Gasteiger partial charge < -0.3 is 15.0 Å². The van der Waals surface area contributed by atoms with Crippen molar-refractivity contribution in [1.29, 1.82) is 0 Å². The van der Waals surface area contributed by atoms with E-state index in [0.717, 1.165) is 24.3 Å². The van der Waals surface area contributed by atoms with Crippen molar-refractivity contribution in [1.82, 2.24) is 0 Å². The van der Waals surface area contributed by atoms with Crippen molar-refractivity contribution in [2.24, 2.45) is 0 Å². The predicted molar refractivity (Wildman–Crippen MR) is 68.4 cm³/mol. The van der Waals surface area contributed by atoms with Crippen LogP contribution in [0, 0.1) is 0 Å². The molecule has 0 aliphatic carbocycles. The summed E-state index contributed by atoms with van der Waals surface area (Å²) in [5.41, 5.74) is 1.97. The molecule has 4 heteroatoms. The van der Waals surface area contributed by atoms with Gasteiger partial charge in [-0.05, 0) is 18.6 Å². The highest BCUT2D eigenvalue weighted by atomic mass is 16.5. The Morgan fingerprint density at radius 1 is 1.41 bits per heavy atom. The minimum Gasteiger partial charge on any atom is -0.383 e. The predicted octanol–water partition coefficient (Wildman–Crippen LogP) is 1.87. The number of hydrogen-bond acceptors (Lipinski definition) is 3. The van der Waals surface area contributed by atoms with Crippen LogP contribution in [0.1, 0.15) is 13.3 Å². The zero-order chi connectivity index (χ0) is 12.3. The van der Waals surface area contributed by atoms with E-state index in [1.165, 1.54) is 0 Å². The van der Waals surface area contributed by atoms with Gasteiger partial charge in [-0.2, -0.15) is 0 Å². The molecule has 1 heterocycles. The number of carbonyl (C=O) groups excluding carboxylic acids is 1. The number of nitrogens with one attached hydrogen (secondary N) is 1. The zero-order valence-electron chi connectivity index (χ0n) is 10.3. The van der Waals surface area contributed by atoms with Gasteiger partial charge in [0.15, 0.2) is 0 Å². The second-order valence-corrected chi connectivity index (χ2v) is 4.12. The third-order valence-corrected chi connectivity index (χ3v) is 3.07. The number of hydrogen-bond donors (Lipinski definition) is 1. The highest BCUT2D eigenvalue weighted by Gasteiger charge is 2.30. The van der Waals surface area contributed by atoms with Gasteiger partial charge in [0.2, 0.25) is 5.91 Å². The molecule has 1 aromatic carbocycles. The third kappa shape index (κ3) is 2.26. The fraction of sp³-hybridized carbons (Fsp3) is 0.462. The van der Waals surface area contributed by atoms with Crippen LogP contribution < -0.4 is 10.2 Å². The highest BCUT2D eigenvalue weighted by Crippen LogP contribution is 2.32. The molecule has 0 saturated carbocycles. The van der Waals surface area contributed by atoms with E-state index in [1.54, 1.807) is 7.11 Å². The quantitative estimate of drug-likeness (QED) is 0.864. The van der Waals surface area contributed by atoms with Gasteiger partial charge in [0.05, 0.1) is 18.0 Å². The van der Waals surface area contributed by atoms with E-state index in [9.17, 15) is 4.79 Å². The number of rotatable bonds is 4. The Labute approximate surface area is 102 Å². The van der Waals surface area contributed by atoms with Crippen LogP contribution in [-0.4, -0.2) is 32.2 Å². The molecule has 2 rings (SSSR count). The van der Waals surface area contributed by atoms with E-state index in [4.69, 9.17) is 4.74 Å². The van der Waals surface area contributed by atoms with Gasteiger partial charge in [0.25, 0.3) is 0 Å². The molecule has 92 valence electrons. The normalized spacial score (nSPS) is 18.8. The summed E-state index contributed by atoms with van der Waals surface area (Å²) in [6.45, 7) is 3.38. The SMILES string of the molecule is CCC1C(=O)Nc2ccccc2N1CCOC. The summed E-state index contributed by atoms with van der Waals surface area (Å²) >= 11 is 0. The fourth-order valence-corrected chi connectivity index (χ4v) is 2.23. The van der Waals surface area contributed by atoms with Crippen molar-refractivity contribution in [3.8, 4) is 0 Å². The van der Waals surface area contributed by atoms with Crippen LogP contribution in [-0.2, 0) is 9.53 Å². The summed E-state index contributed by atoms with van der Waals surface area (Å²) in [6, 6.07) is 7.79. The van der Waals surface area contributed by atoms with Crippen LogP contribution >= 0.6 is 0 Å². The number of carbonyl (C=O) groups is 1. The van der Waals surface area contributed by atoms with E-state index < -0.39 is 0 Å². The molecular weight excluding hydrogens is 216 g/mol. The molecule has 0 bridgehead atoms. The molecule has 1 atom stereocenters. The van der Waals surface area contributed by atoms with Crippen LogP contribution in [0.5, 0.6) is 0 Å². The first-order chi connectivity index (χ1) is 8.27. The highest BCUT2D eigenvalue weighted by molar-refractivity contribution is 6.03. The maximum atomic E-state index is 12.0. The average Bonchev–Trinajstić information content (AvgIpc) is 2.35. The fourth-order valence-electron chi connectivity index (χ4n) is 2.23. The van der Waals surface area contributed by atoms with Gasteiger partial charge in [0, 0.05) is 13.7 Å². The van der Waals surface area contributed by atoms with E-state index >= 15 is 0 Å². The first kappa shape index (κ1) is 11.9. The van der Waals surface area contributed by atoms with Crippen LogP contribution in [0.2, 0.25) is 0 Å². The summed E-state index contributed by atoms with van der Waals surface area (Å²) in [6.07, 6.45) is 0.796. The second kappa shape index (κ2) is 5.19. The molecule has 1 aliphatic heterocycles. The largest absolute Gasteiger partial charge is 0.383 e. The van der Waals surface area contributed by atoms with Crippen molar-refractivity contribution in [3.63, 3.8) is 0 Å². The van der Waals surface area contributed by atoms with Crippen LogP contribution in [0.15, 0.2) is 24.3 Å². The Kier molecular flexibility index (Phi) is 3.64. The molecule has 1 amide bonds. The first-order valence-corrected chi connectivity index (χ1v) is 5.93. The second-order valence-electron chi connectivity index (χ2n) is 4.12. The maximum Gasteiger partial charge on any atom is 0.247 e. The number of ether oxygens (including phenoxy) is 1. The van der Waals surface area contributed by atoms with Gasteiger partial charge in [-0.25, -0.2) is 0 Å². The van der Waals surface area contributed by atoms with Gasteiger partial charge in [-0.15, -0.1) is 0 Å². The van der Waals surface area contributed by atoms with Gasteiger partial charge in [0.1, 0.15) is 6.04 Å². The molecule has 1 unspecified atom stereocenters. The van der Waals surface area contributed by atoms with Crippen molar-refractivity contribution in [2.45, 2.75) is 19.4 Å². The van der Waals surface area contributed by atoms with E-state index in [1.807, 2.05) is 31.2 Å². The number of benzene rings is 1. The summed E-state index contributed by atoms with van der Waals surface area (Å²) in [5, 5.41) is 2.95. The molecule has 4 nitrogen and oxygen atoms in total. The van der Waals surface area contributed by atoms with Gasteiger partial charge >= 0.3 is 0 Å². The van der Waals surface area contributed by atoms with E-state index in [0.29, 0.717) is 6.61 Å². The van der Waals surface area contributed by atoms with Crippen molar-refractivity contribution in [2.75, 3.05) is 30.5 Å². The topological polar surface area (TPSA) is 41.6 Å². The Morgan fingerprint density at radius 2 is 2.18 bits per heavy atom. The zero-order valence-corrected chi connectivity index (χ0v) is 10.3. The lowest BCUT2D eigenvalue weighted by Gasteiger charge is -2.37. The molecule has 0 spiro atoms. The molecule has 1 N–H and O–H groups in total. The smallest absolute Gasteiger partial charge is 0.247 e. The van der Waals surface area contributed by atoms with Crippen molar-refractivity contribution in [3.05, 3.63) is 24.3 Å². The molecule has 0 fully saturated rings. The first-order valence-electron chi connectivity index (χ1n) is 5.93. The van der Waals surface area contributed by atoms with Crippen molar-refractivity contribution < 1.29 is 9.53 Å². The molecule has 1 aromatic rings. The summed E-state index contributed by atoms with van der Waals surface area (Å²) < 4.78 is 5.11. The summed E-state index contributed by atoms with van der Waals surface area (Å²) in [4.78, 5) is 14.1. The molecule has 17 heavy (non-hydrogen) atoms. The van der Waals surface area contributed by atoms with Crippen molar-refractivity contribution >= 4 is 17.3 Å². The molecule has 0 aromatic heterocycles. The molecular formula is C13H18N2O2.